The molecule has 1 heterocycles. The Morgan fingerprint density at radius 1 is 1.47 bits per heavy atom. The van der Waals surface area contributed by atoms with E-state index in [9.17, 15) is 0 Å². The van der Waals surface area contributed by atoms with E-state index in [0.717, 1.165) is 16.5 Å². The van der Waals surface area contributed by atoms with Gasteiger partial charge in [0.2, 0.25) is 0 Å². The summed E-state index contributed by atoms with van der Waals surface area (Å²) < 4.78 is 0. The molecule has 2 rings (SSSR count). The number of aromatic amines is 1. The van der Waals surface area contributed by atoms with Crippen molar-refractivity contribution in [3.05, 3.63) is 30.0 Å². The molecule has 0 atom stereocenters. The Morgan fingerprint density at radius 2 is 2.27 bits per heavy atom. The van der Waals surface area contributed by atoms with Crippen LogP contribution in [0.4, 0.5) is 5.69 Å². The summed E-state index contributed by atoms with van der Waals surface area (Å²) in [4.78, 5) is 3.09. The standard InChI is InChI=1S/C10H11N5/c1-6(11)9-5-13-10-3-2-7(14-15-12)4-8(9)10/h2-5,11,13H,1H3,(H2,12,14). The number of nitrogens with one attached hydrogen (secondary N) is 2. The van der Waals surface area contributed by atoms with Gasteiger partial charge in [-0.2, -0.15) is 0 Å². The summed E-state index contributed by atoms with van der Waals surface area (Å²) in [7, 11) is 0. The van der Waals surface area contributed by atoms with E-state index < -0.39 is 0 Å². The minimum absolute atomic E-state index is 0.517. The summed E-state index contributed by atoms with van der Waals surface area (Å²) in [5, 5.41) is 15.6. The van der Waals surface area contributed by atoms with Crippen LogP contribution in [0.25, 0.3) is 10.9 Å². The van der Waals surface area contributed by atoms with Crippen LogP contribution in [0, 0.1) is 5.41 Å². The maximum Gasteiger partial charge on any atom is 0.0881 e. The number of aromatic nitrogens is 1. The number of benzene rings is 1. The van der Waals surface area contributed by atoms with Crippen molar-refractivity contribution in [2.45, 2.75) is 6.92 Å². The summed E-state index contributed by atoms with van der Waals surface area (Å²) in [6.07, 6.45) is 1.82. The molecule has 0 fully saturated rings. The van der Waals surface area contributed by atoms with Crippen LogP contribution in [0.2, 0.25) is 0 Å². The molecule has 1 aromatic heterocycles. The molecule has 0 saturated carbocycles. The van der Waals surface area contributed by atoms with Crippen LogP contribution in [-0.4, -0.2) is 10.7 Å². The number of rotatable bonds is 2. The molecule has 1 aromatic carbocycles. The highest BCUT2D eigenvalue weighted by atomic mass is 15.3. The molecule has 0 aliphatic heterocycles. The van der Waals surface area contributed by atoms with Gasteiger partial charge in [-0.15, -0.1) is 5.11 Å². The molecule has 0 radical (unpaired) electrons. The molecular formula is C10H11N5. The molecule has 0 saturated heterocycles. The Kier molecular flexibility index (Phi) is 2.21. The van der Waals surface area contributed by atoms with Crippen LogP contribution >= 0.6 is 0 Å². The van der Waals surface area contributed by atoms with Crippen molar-refractivity contribution in [2.75, 3.05) is 0 Å². The van der Waals surface area contributed by atoms with Gasteiger partial charge < -0.3 is 16.2 Å². The topological polar surface area (TPSA) is 90.4 Å². The third-order valence-corrected chi connectivity index (χ3v) is 2.24. The van der Waals surface area contributed by atoms with Crippen LogP contribution in [0.5, 0.6) is 0 Å². The number of fused-ring (bicyclic) bond motifs is 1. The average Bonchev–Trinajstić information content (AvgIpc) is 2.61. The number of hydrogen-bond acceptors (Lipinski definition) is 3. The summed E-state index contributed by atoms with van der Waals surface area (Å²) >= 11 is 0. The van der Waals surface area contributed by atoms with Crippen LogP contribution in [-0.2, 0) is 0 Å². The monoisotopic (exact) mass is 201 g/mol. The fourth-order valence-electron chi connectivity index (χ4n) is 1.55. The van der Waals surface area contributed by atoms with Gasteiger partial charge in [-0.3, -0.25) is 0 Å². The second-order valence-corrected chi connectivity index (χ2v) is 3.27. The smallest absolute Gasteiger partial charge is 0.0881 e. The Balaban J connectivity index is 2.66. The van der Waals surface area contributed by atoms with E-state index in [4.69, 9.17) is 11.3 Å². The molecule has 0 bridgehead atoms. The summed E-state index contributed by atoms with van der Waals surface area (Å²) in [6, 6.07) is 5.57. The van der Waals surface area contributed by atoms with E-state index in [1.54, 1.807) is 6.92 Å². The summed E-state index contributed by atoms with van der Waals surface area (Å²) in [6.45, 7) is 1.75. The average molecular weight is 201 g/mol. The van der Waals surface area contributed by atoms with Gasteiger partial charge in [-0.1, -0.05) is 5.22 Å². The number of nitrogens with two attached hydrogens (primary N) is 1. The van der Waals surface area contributed by atoms with Crippen molar-refractivity contribution in [2.24, 2.45) is 16.2 Å². The highest BCUT2D eigenvalue weighted by Gasteiger charge is 2.05. The normalized spacial score (nSPS) is 11.3. The lowest BCUT2D eigenvalue weighted by atomic mass is 10.1. The zero-order valence-corrected chi connectivity index (χ0v) is 8.28. The van der Waals surface area contributed by atoms with Crippen molar-refractivity contribution >= 4 is 22.3 Å². The molecule has 0 aliphatic rings. The zero-order chi connectivity index (χ0) is 10.8. The molecule has 0 amide bonds. The van der Waals surface area contributed by atoms with Crippen LogP contribution in [0.1, 0.15) is 12.5 Å². The van der Waals surface area contributed by atoms with Gasteiger partial charge in [0.05, 0.1) is 5.69 Å². The van der Waals surface area contributed by atoms with E-state index in [0.29, 0.717) is 11.4 Å². The predicted octanol–water partition coefficient (Wildman–Crippen LogP) is 2.51. The third-order valence-electron chi connectivity index (χ3n) is 2.24. The largest absolute Gasteiger partial charge is 0.360 e. The first-order valence-corrected chi connectivity index (χ1v) is 4.50. The predicted molar refractivity (Wildman–Crippen MR) is 59.5 cm³/mol. The highest BCUT2D eigenvalue weighted by molar-refractivity contribution is 6.08. The summed E-state index contributed by atoms with van der Waals surface area (Å²) in [5.41, 5.74) is 3.06. The second-order valence-electron chi connectivity index (χ2n) is 3.27. The lowest BCUT2D eigenvalue weighted by molar-refractivity contribution is 1.06. The van der Waals surface area contributed by atoms with Crippen molar-refractivity contribution in [1.82, 2.24) is 4.98 Å². The lowest BCUT2D eigenvalue weighted by Gasteiger charge is -1.96. The second kappa shape index (κ2) is 3.53. The van der Waals surface area contributed by atoms with Crippen molar-refractivity contribution in [1.29, 1.82) is 5.41 Å². The first kappa shape index (κ1) is 9.39. The Labute approximate surface area is 86.5 Å². The highest BCUT2D eigenvalue weighted by Crippen LogP contribution is 2.24. The van der Waals surface area contributed by atoms with Crippen molar-refractivity contribution in [3.63, 3.8) is 0 Å². The molecular weight excluding hydrogens is 190 g/mol. The first-order chi connectivity index (χ1) is 7.22. The Hall–Kier alpha value is -2.17. The molecule has 5 heteroatoms. The Morgan fingerprint density at radius 3 is 2.93 bits per heavy atom. The number of hydrogen-bond donors (Lipinski definition) is 3. The van der Waals surface area contributed by atoms with Gasteiger partial charge in [0, 0.05) is 28.4 Å². The molecule has 15 heavy (non-hydrogen) atoms. The van der Waals surface area contributed by atoms with Gasteiger partial charge in [-0.05, 0) is 25.1 Å². The first-order valence-electron chi connectivity index (χ1n) is 4.50. The quantitative estimate of drug-likeness (QED) is 0.296. The van der Waals surface area contributed by atoms with Crippen LogP contribution in [0.15, 0.2) is 34.7 Å². The number of nitrogens with zero attached hydrogens (tertiary/aromatic N) is 2. The van der Waals surface area contributed by atoms with Crippen LogP contribution < -0.4 is 5.84 Å². The molecule has 2 aromatic rings. The van der Waals surface area contributed by atoms with Crippen LogP contribution in [0.3, 0.4) is 0 Å². The van der Waals surface area contributed by atoms with E-state index in [-0.39, 0.29) is 0 Å². The molecule has 0 spiro atoms. The maximum atomic E-state index is 7.61. The molecule has 0 unspecified atom stereocenters. The zero-order valence-electron chi connectivity index (χ0n) is 8.28. The SMILES string of the molecule is CC(=N)c1c[nH]c2ccc(N=NN)cc12. The van der Waals surface area contributed by atoms with Gasteiger partial charge in [0.1, 0.15) is 0 Å². The fourth-order valence-corrected chi connectivity index (χ4v) is 1.55. The van der Waals surface area contributed by atoms with Gasteiger partial charge in [-0.25, -0.2) is 0 Å². The maximum absolute atomic E-state index is 7.61. The van der Waals surface area contributed by atoms with E-state index in [1.165, 1.54) is 0 Å². The minimum Gasteiger partial charge on any atom is -0.360 e. The molecule has 4 N–H and O–H groups in total. The van der Waals surface area contributed by atoms with E-state index in [2.05, 4.69) is 15.3 Å². The molecule has 0 aliphatic carbocycles. The third kappa shape index (κ3) is 1.59. The van der Waals surface area contributed by atoms with E-state index >= 15 is 0 Å². The molecule has 76 valence electrons. The van der Waals surface area contributed by atoms with Gasteiger partial charge >= 0.3 is 0 Å². The summed E-state index contributed by atoms with van der Waals surface area (Å²) in [5.74, 6) is 4.99. The molecule has 5 nitrogen and oxygen atoms in total. The van der Waals surface area contributed by atoms with Gasteiger partial charge in [0.15, 0.2) is 0 Å². The number of H-pyrrole nitrogens is 1. The van der Waals surface area contributed by atoms with Crippen molar-refractivity contribution < 1.29 is 0 Å². The minimum atomic E-state index is 0.517. The van der Waals surface area contributed by atoms with Gasteiger partial charge in [0.25, 0.3) is 0 Å². The fraction of sp³-hybridized carbons (Fsp3) is 0.100. The lowest BCUT2D eigenvalue weighted by Crippen LogP contribution is -1.88. The van der Waals surface area contributed by atoms with E-state index in [1.807, 2.05) is 24.4 Å². The Bertz CT molecular complexity index is 538. The van der Waals surface area contributed by atoms with Crippen molar-refractivity contribution in [3.8, 4) is 0 Å².